The van der Waals surface area contributed by atoms with Crippen LogP contribution in [-0.4, -0.2) is 18.8 Å². The zero-order valence-corrected chi connectivity index (χ0v) is 17.0. The highest BCUT2D eigenvalue weighted by Gasteiger charge is 2.14. The van der Waals surface area contributed by atoms with Crippen LogP contribution >= 0.6 is 11.6 Å². The molecule has 0 aliphatic rings. The summed E-state index contributed by atoms with van der Waals surface area (Å²) < 4.78 is 11.6. The Morgan fingerprint density at radius 1 is 1.04 bits per heavy atom. The van der Waals surface area contributed by atoms with Crippen molar-refractivity contribution in [2.75, 3.05) is 6.61 Å². The van der Waals surface area contributed by atoms with Crippen LogP contribution in [0.25, 0.3) is 0 Å². The Hall–Kier alpha value is -1.71. The molecule has 0 saturated carbocycles. The third kappa shape index (κ3) is 6.54. The Morgan fingerprint density at radius 2 is 1.77 bits per heavy atom. The van der Waals surface area contributed by atoms with Crippen molar-refractivity contribution < 1.29 is 9.47 Å². The van der Waals surface area contributed by atoms with Gasteiger partial charge in [0.2, 0.25) is 0 Å². The third-order valence-electron chi connectivity index (χ3n) is 4.09. The first-order valence-electron chi connectivity index (χ1n) is 9.38. The van der Waals surface area contributed by atoms with E-state index in [0.717, 1.165) is 24.9 Å². The first kappa shape index (κ1) is 20.6. The minimum absolute atomic E-state index is 0.0497. The second-order valence-corrected chi connectivity index (χ2v) is 7.22. The summed E-state index contributed by atoms with van der Waals surface area (Å²) in [4.78, 5) is 0. The van der Waals surface area contributed by atoms with Gasteiger partial charge in [-0.3, -0.25) is 0 Å². The van der Waals surface area contributed by atoms with Crippen LogP contribution in [0.2, 0.25) is 5.02 Å². The van der Waals surface area contributed by atoms with Gasteiger partial charge in [0.15, 0.2) is 11.5 Å². The molecule has 2 rings (SSSR count). The van der Waals surface area contributed by atoms with E-state index in [-0.39, 0.29) is 6.10 Å². The van der Waals surface area contributed by atoms with Gasteiger partial charge in [0.05, 0.1) is 17.7 Å². The van der Waals surface area contributed by atoms with Crippen molar-refractivity contribution in [2.45, 2.75) is 59.2 Å². The second-order valence-electron chi connectivity index (χ2n) is 6.81. The highest BCUT2D eigenvalue weighted by atomic mass is 35.5. The van der Waals surface area contributed by atoms with E-state index >= 15 is 0 Å². The van der Waals surface area contributed by atoms with Gasteiger partial charge in [-0.25, -0.2) is 0 Å². The number of halogens is 1. The Labute approximate surface area is 162 Å². The van der Waals surface area contributed by atoms with Gasteiger partial charge in [0.25, 0.3) is 0 Å². The summed E-state index contributed by atoms with van der Waals surface area (Å²) in [5, 5.41) is 4.17. The fraction of sp³-hybridized carbons (Fsp3) is 0.455. The van der Waals surface area contributed by atoms with Crippen molar-refractivity contribution in [1.29, 1.82) is 0 Å². The molecule has 2 aromatic rings. The number of nitrogens with one attached hydrogen (secondary N) is 1. The van der Waals surface area contributed by atoms with Gasteiger partial charge >= 0.3 is 0 Å². The van der Waals surface area contributed by atoms with Gasteiger partial charge < -0.3 is 14.8 Å². The predicted molar refractivity (Wildman–Crippen MR) is 109 cm³/mol. The molecule has 0 aromatic heterocycles. The SMILES string of the molecule is CCOc1cc(CN[C@@H](C)CCc2ccccc2)cc(Cl)c1OC(C)C. The van der Waals surface area contributed by atoms with Gasteiger partial charge in [-0.1, -0.05) is 41.9 Å². The average molecular weight is 376 g/mol. The van der Waals surface area contributed by atoms with Gasteiger partial charge in [-0.2, -0.15) is 0 Å². The van der Waals surface area contributed by atoms with E-state index in [4.69, 9.17) is 21.1 Å². The fourth-order valence-electron chi connectivity index (χ4n) is 2.76. The molecule has 0 heterocycles. The van der Waals surface area contributed by atoms with E-state index in [0.29, 0.717) is 29.2 Å². The van der Waals surface area contributed by atoms with Crippen LogP contribution in [-0.2, 0) is 13.0 Å². The van der Waals surface area contributed by atoms with Crippen LogP contribution < -0.4 is 14.8 Å². The second kappa shape index (κ2) is 10.4. The number of ether oxygens (including phenoxy) is 2. The van der Waals surface area contributed by atoms with E-state index in [1.54, 1.807) is 0 Å². The molecule has 1 N–H and O–H groups in total. The Kier molecular flexibility index (Phi) is 8.27. The monoisotopic (exact) mass is 375 g/mol. The number of hydrogen-bond acceptors (Lipinski definition) is 3. The summed E-state index contributed by atoms with van der Waals surface area (Å²) >= 11 is 6.44. The normalized spacial score (nSPS) is 12.2. The predicted octanol–water partition coefficient (Wildman–Crippen LogP) is 5.64. The lowest BCUT2D eigenvalue weighted by atomic mass is 10.1. The van der Waals surface area contributed by atoms with E-state index in [2.05, 4.69) is 42.6 Å². The van der Waals surface area contributed by atoms with E-state index in [9.17, 15) is 0 Å². The van der Waals surface area contributed by atoms with Gasteiger partial charge in [0, 0.05) is 12.6 Å². The van der Waals surface area contributed by atoms with Crippen LogP contribution in [0.3, 0.4) is 0 Å². The number of rotatable bonds is 10. The van der Waals surface area contributed by atoms with Gasteiger partial charge in [0.1, 0.15) is 0 Å². The molecule has 3 nitrogen and oxygen atoms in total. The zero-order chi connectivity index (χ0) is 18.9. The van der Waals surface area contributed by atoms with E-state index in [1.807, 2.05) is 32.9 Å². The van der Waals surface area contributed by atoms with Gasteiger partial charge in [-0.15, -0.1) is 0 Å². The summed E-state index contributed by atoms with van der Waals surface area (Å²) in [7, 11) is 0. The molecule has 0 fully saturated rings. The summed E-state index contributed by atoms with van der Waals surface area (Å²) in [6, 6.07) is 15.0. The van der Waals surface area contributed by atoms with Crippen molar-refractivity contribution in [3.8, 4) is 11.5 Å². The first-order chi connectivity index (χ1) is 12.5. The maximum atomic E-state index is 6.44. The molecule has 142 valence electrons. The first-order valence-corrected chi connectivity index (χ1v) is 9.76. The Morgan fingerprint density at radius 3 is 2.42 bits per heavy atom. The molecule has 0 unspecified atom stereocenters. The molecular formula is C22H30ClNO2. The zero-order valence-electron chi connectivity index (χ0n) is 16.2. The number of hydrogen-bond donors (Lipinski definition) is 1. The van der Waals surface area contributed by atoms with Crippen molar-refractivity contribution in [1.82, 2.24) is 5.32 Å². The molecule has 4 heteroatoms. The maximum Gasteiger partial charge on any atom is 0.180 e. The molecule has 0 spiro atoms. The molecule has 0 aliphatic carbocycles. The minimum Gasteiger partial charge on any atom is -0.490 e. The summed E-state index contributed by atoms with van der Waals surface area (Å²) in [5.74, 6) is 1.34. The summed E-state index contributed by atoms with van der Waals surface area (Å²) in [5.41, 5.74) is 2.47. The van der Waals surface area contributed by atoms with E-state index < -0.39 is 0 Å². The molecule has 2 aromatic carbocycles. The smallest absolute Gasteiger partial charge is 0.180 e. The molecular weight excluding hydrogens is 346 g/mol. The third-order valence-corrected chi connectivity index (χ3v) is 4.37. The highest BCUT2D eigenvalue weighted by Crippen LogP contribution is 2.37. The quantitative estimate of drug-likeness (QED) is 0.583. The Bertz CT molecular complexity index is 673. The van der Waals surface area contributed by atoms with Crippen molar-refractivity contribution in [2.24, 2.45) is 0 Å². The van der Waals surface area contributed by atoms with Crippen LogP contribution in [0.15, 0.2) is 42.5 Å². The summed E-state index contributed by atoms with van der Waals surface area (Å²) in [6.07, 6.45) is 2.21. The van der Waals surface area contributed by atoms with Crippen LogP contribution in [0.5, 0.6) is 11.5 Å². The van der Waals surface area contributed by atoms with Crippen molar-refractivity contribution in [3.05, 3.63) is 58.6 Å². The maximum absolute atomic E-state index is 6.44. The molecule has 0 amide bonds. The molecule has 0 bridgehead atoms. The van der Waals surface area contributed by atoms with Crippen LogP contribution in [0, 0.1) is 0 Å². The fourth-order valence-corrected chi connectivity index (χ4v) is 3.04. The lowest BCUT2D eigenvalue weighted by Gasteiger charge is -2.18. The lowest BCUT2D eigenvalue weighted by molar-refractivity contribution is 0.224. The topological polar surface area (TPSA) is 30.5 Å². The number of benzene rings is 2. The minimum atomic E-state index is 0.0497. The average Bonchev–Trinajstić information content (AvgIpc) is 2.62. The lowest BCUT2D eigenvalue weighted by Crippen LogP contribution is -2.26. The standard InChI is InChI=1S/C22H30ClNO2/c1-5-25-21-14-19(13-20(23)22(21)26-16(2)3)15-24-17(4)11-12-18-9-7-6-8-10-18/h6-10,13-14,16-17,24H,5,11-12,15H2,1-4H3/t17-/m0/s1. The van der Waals surface area contributed by atoms with Crippen molar-refractivity contribution >= 4 is 11.6 Å². The number of aryl methyl sites for hydroxylation is 1. The summed E-state index contributed by atoms with van der Waals surface area (Å²) in [6.45, 7) is 9.46. The molecule has 26 heavy (non-hydrogen) atoms. The van der Waals surface area contributed by atoms with Crippen LogP contribution in [0.1, 0.15) is 45.2 Å². The van der Waals surface area contributed by atoms with Crippen LogP contribution in [0.4, 0.5) is 0 Å². The highest BCUT2D eigenvalue weighted by molar-refractivity contribution is 6.32. The Balaban J connectivity index is 1.95. The molecule has 0 aliphatic heterocycles. The molecule has 1 atom stereocenters. The largest absolute Gasteiger partial charge is 0.490 e. The van der Waals surface area contributed by atoms with E-state index in [1.165, 1.54) is 5.56 Å². The molecule has 0 saturated heterocycles. The van der Waals surface area contributed by atoms with Gasteiger partial charge in [-0.05, 0) is 63.8 Å². The van der Waals surface area contributed by atoms with Crippen molar-refractivity contribution in [3.63, 3.8) is 0 Å². The molecule has 0 radical (unpaired) electrons.